The highest BCUT2D eigenvalue weighted by Gasteiger charge is 2.02. The Morgan fingerprint density at radius 3 is 2.50 bits per heavy atom. The summed E-state index contributed by atoms with van der Waals surface area (Å²) in [5.41, 5.74) is 4.26. The first-order valence-electron chi connectivity index (χ1n) is 8.86. The summed E-state index contributed by atoms with van der Waals surface area (Å²) in [4.78, 5) is 4.46. The molecule has 0 saturated heterocycles. The smallest absolute Gasteiger partial charge is 0.0933 e. The van der Waals surface area contributed by atoms with Crippen LogP contribution >= 0.6 is 0 Å². The highest BCUT2D eigenvalue weighted by molar-refractivity contribution is 5.91. The van der Waals surface area contributed by atoms with E-state index in [1.807, 2.05) is 30.6 Å². The number of nitrogens with zero attached hydrogens (tertiary/aromatic N) is 2. The summed E-state index contributed by atoms with van der Waals surface area (Å²) in [6.45, 7) is 3.50. The van der Waals surface area contributed by atoms with Crippen molar-refractivity contribution in [1.29, 1.82) is 0 Å². The highest BCUT2D eigenvalue weighted by Crippen LogP contribution is 2.21. The Bertz CT molecular complexity index is 988. The van der Waals surface area contributed by atoms with E-state index in [-0.39, 0.29) is 0 Å². The average Bonchev–Trinajstić information content (AvgIpc) is 3.17. The van der Waals surface area contributed by atoms with Crippen molar-refractivity contribution in [2.45, 2.75) is 0 Å². The minimum atomic E-state index is 0.854. The number of H-pyrrole nitrogens is 1. The van der Waals surface area contributed by atoms with Crippen molar-refractivity contribution in [3.63, 3.8) is 0 Å². The van der Waals surface area contributed by atoms with Gasteiger partial charge in [0.25, 0.3) is 0 Å². The van der Waals surface area contributed by atoms with E-state index in [4.69, 9.17) is 0 Å². The van der Waals surface area contributed by atoms with Gasteiger partial charge in [0.05, 0.1) is 22.9 Å². The van der Waals surface area contributed by atoms with Crippen LogP contribution in [0.5, 0.6) is 0 Å². The summed E-state index contributed by atoms with van der Waals surface area (Å²) in [5.74, 6) is 0. The van der Waals surface area contributed by atoms with E-state index >= 15 is 0 Å². The topological polar surface area (TPSA) is 77.7 Å². The van der Waals surface area contributed by atoms with E-state index in [0.29, 0.717) is 0 Å². The minimum absolute atomic E-state index is 0.854. The number of fused-ring (bicyclic) bond motifs is 2. The molecule has 0 unspecified atom stereocenters. The molecule has 0 radical (unpaired) electrons. The Labute approximate surface area is 152 Å². The van der Waals surface area contributed by atoms with Gasteiger partial charge in [0, 0.05) is 48.8 Å². The molecule has 0 amide bonds. The average molecular weight is 346 g/mol. The lowest BCUT2D eigenvalue weighted by Gasteiger charge is -2.11. The summed E-state index contributed by atoms with van der Waals surface area (Å²) in [5, 5.41) is 19.7. The van der Waals surface area contributed by atoms with Crippen molar-refractivity contribution in [1.82, 2.24) is 20.5 Å². The molecule has 0 spiro atoms. The quantitative estimate of drug-likeness (QED) is 0.369. The fraction of sp³-hybridized carbons (Fsp3) is 0.200. The lowest BCUT2D eigenvalue weighted by molar-refractivity contribution is 0.719. The third kappa shape index (κ3) is 3.60. The van der Waals surface area contributed by atoms with Gasteiger partial charge in [-0.15, -0.1) is 0 Å². The first kappa shape index (κ1) is 16.4. The highest BCUT2D eigenvalue weighted by atomic mass is 15.1. The maximum Gasteiger partial charge on any atom is 0.0933 e. The number of rotatable bonds is 8. The van der Waals surface area contributed by atoms with E-state index in [0.717, 1.165) is 59.4 Å². The normalized spacial score (nSPS) is 11.1. The maximum absolute atomic E-state index is 4.46. The molecule has 0 fully saturated rings. The van der Waals surface area contributed by atoms with Crippen LogP contribution < -0.4 is 16.0 Å². The number of nitrogens with one attached hydrogen (secondary N) is 4. The van der Waals surface area contributed by atoms with E-state index in [1.165, 1.54) is 0 Å². The number of aromatic amines is 1. The zero-order valence-corrected chi connectivity index (χ0v) is 14.5. The standard InChI is InChI=1S/C20H22N6/c1-4-15-5-3-9-24-20(15)19(8-1)23-13-11-21-10-12-22-17-6-2-7-18-16(17)14-25-26-18/h1-9,14,21-23H,10-13H2,(H,25,26). The number of benzene rings is 2. The van der Waals surface area contributed by atoms with E-state index in [2.05, 4.69) is 61.5 Å². The molecule has 2 aromatic heterocycles. The van der Waals surface area contributed by atoms with Crippen LogP contribution in [0.25, 0.3) is 21.8 Å². The van der Waals surface area contributed by atoms with Crippen molar-refractivity contribution >= 4 is 33.2 Å². The SMILES string of the molecule is c1cnc2c(NCCNCCNc3cccc4[nH]ncc34)cccc2c1. The van der Waals surface area contributed by atoms with Crippen molar-refractivity contribution in [3.05, 3.63) is 60.9 Å². The predicted octanol–water partition coefficient (Wildman–Crippen LogP) is 3.22. The molecule has 4 aromatic rings. The van der Waals surface area contributed by atoms with Crippen molar-refractivity contribution in [3.8, 4) is 0 Å². The van der Waals surface area contributed by atoms with E-state index < -0.39 is 0 Å². The molecule has 0 aliphatic heterocycles. The summed E-state index contributed by atoms with van der Waals surface area (Å²) < 4.78 is 0. The second-order valence-corrected chi connectivity index (χ2v) is 6.12. The molecule has 0 saturated carbocycles. The fourth-order valence-corrected chi connectivity index (χ4v) is 3.07. The Hall–Kier alpha value is -3.12. The third-order valence-corrected chi connectivity index (χ3v) is 4.35. The Morgan fingerprint density at radius 1 is 0.808 bits per heavy atom. The van der Waals surface area contributed by atoms with Crippen LogP contribution in [0, 0.1) is 0 Å². The maximum atomic E-state index is 4.46. The molecular weight excluding hydrogens is 324 g/mol. The van der Waals surface area contributed by atoms with Gasteiger partial charge in [0.15, 0.2) is 0 Å². The molecule has 4 rings (SSSR count). The minimum Gasteiger partial charge on any atom is -0.383 e. The first-order chi connectivity index (χ1) is 12.9. The molecule has 2 aromatic carbocycles. The Balaban J connectivity index is 1.20. The summed E-state index contributed by atoms with van der Waals surface area (Å²) in [6.07, 6.45) is 3.69. The number of hydrogen-bond acceptors (Lipinski definition) is 5. The molecule has 0 aliphatic carbocycles. The van der Waals surface area contributed by atoms with Crippen LogP contribution in [0.4, 0.5) is 11.4 Å². The van der Waals surface area contributed by atoms with Crippen LogP contribution in [0.3, 0.4) is 0 Å². The number of anilines is 2. The lowest BCUT2D eigenvalue weighted by Crippen LogP contribution is -2.27. The van der Waals surface area contributed by atoms with Crippen molar-refractivity contribution < 1.29 is 0 Å². The largest absolute Gasteiger partial charge is 0.383 e. The van der Waals surface area contributed by atoms with Gasteiger partial charge in [-0.25, -0.2) is 0 Å². The van der Waals surface area contributed by atoms with Gasteiger partial charge in [-0.05, 0) is 24.3 Å². The molecule has 0 bridgehead atoms. The summed E-state index contributed by atoms with van der Waals surface area (Å²) >= 11 is 0. The summed E-state index contributed by atoms with van der Waals surface area (Å²) in [7, 11) is 0. The zero-order chi connectivity index (χ0) is 17.6. The van der Waals surface area contributed by atoms with Crippen LogP contribution in [-0.2, 0) is 0 Å². The van der Waals surface area contributed by atoms with Gasteiger partial charge in [0.2, 0.25) is 0 Å². The molecule has 6 nitrogen and oxygen atoms in total. The molecule has 0 atom stereocenters. The number of hydrogen-bond donors (Lipinski definition) is 4. The second kappa shape index (κ2) is 7.84. The van der Waals surface area contributed by atoms with Crippen molar-refractivity contribution in [2.75, 3.05) is 36.8 Å². The first-order valence-corrected chi connectivity index (χ1v) is 8.86. The van der Waals surface area contributed by atoms with E-state index in [9.17, 15) is 0 Å². The second-order valence-electron chi connectivity index (χ2n) is 6.12. The molecular formula is C20H22N6. The lowest BCUT2D eigenvalue weighted by atomic mass is 10.2. The molecule has 0 aliphatic rings. The third-order valence-electron chi connectivity index (χ3n) is 4.35. The number of aromatic nitrogens is 3. The molecule has 26 heavy (non-hydrogen) atoms. The van der Waals surface area contributed by atoms with Crippen LogP contribution in [-0.4, -0.2) is 41.4 Å². The Kier molecular flexibility index (Phi) is 4.93. The Morgan fingerprint density at radius 2 is 1.58 bits per heavy atom. The van der Waals surface area contributed by atoms with Crippen LogP contribution in [0.1, 0.15) is 0 Å². The predicted molar refractivity (Wildman–Crippen MR) is 108 cm³/mol. The monoisotopic (exact) mass is 346 g/mol. The van der Waals surface area contributed by atoms with Gasteiger partial charge < -0.3 is 16.0 Å². The van der Waals surface area contributed by atoms with Gasteiger partial charge in [-0.2, -0.15) is 5.10 Å². The number of para-hydroxylation sites is 1. The molecule has 6 heteroatoms. The number of pyridine rings is 1. The van der Waals surface area contributed by atoms with Crippen LogP contribution in [0.15, 0.2) is 60.9 Å². The van der Waals surface area contributed by atoms with Gasteiger partial charge in [-0.1, -0.05) is 24.3 Å². The van der Waals surface area contributed by atoms with E-state index in [1.54, 1.807) is 0 Å². The summed E-state index contributed by atoms with van der Waals surface area (Å²) in [6, 6.07) is 16.4. The van der Waals surface area contributed by atoms with Crippen LogP contribution in [0.2, 0.25) is 0 Å². The van der Waals surface area contributed by atoms with Crippen molar-refractivity contribution in [2.24, 2.45) is 0 Å². The molecule has 132 valence electrons. The van der Waals surface area contributed by atoms with Gasteiger partial charge in [-0.3, -0.25) is 10.1 Å². The molecule has 4 N–H and O–H groups in total. The zero-order valence-electron chi connectivity index (χ0n) is 14.5. The van der Waals surface area contributed by atoms with Gasteiger partial charge >= 0.3 is 0 Å². The van der Waals surface area contributed by atoms with Gasteiger partial charge in [0.1, 0.15) is 0 Å². The molecule has 2 heterocycles. The fourth-order valence-electron chi connectivity index (χ4n) is 3.07.